The average Bonchev–Trinajstić information content (AvgIpc) is 2.48. The normalized spacial score (nSPS) is 10.1. The Morgan fingerprint density at radius 1 is 0.955 bits per heavy atom. The standard InChI is InChI=1S/C18H20N2O2/c1-3-5-17(21)19-15-6-4-7-16(12-15)20-18(22)14-10-8-13(2)9-11-14/h4,6-12H,3,5H2,1-2H3,(H,19,21)(H,20,22). The van der Waals surface area contributed by atoms with Crippen LogP contribution in [0.2, 0.25) is 0 Å². The van der Waals surface area contributed by atoms with Gasteiger partial charge in [0.05, 0.1) is 0 Å². The fourth-order valence-electron chi connectivity index (χ4n) is 2.03. The second-order valence-corrected chi connectivity index (χ2v) is 5.20. The van der Waals surface area contributed by atoms with Crippen LogP contribution in [0, 0.1) is 6.92 Å². The van der Waals surface area contributed by atoms with Crippen molar-refractivity contribution in [3.05, 3.63) is 59.7 Å². The Kier molecular flexibility index (Phi) is 5.31. The van der Waals surface area contributed by atoms with Crippen molar-refractivity contribution in [1.29, 1.82) is 0 Å². The number of rotatable bonds is 5. The number of hydrogen-bond donors (Lipinski definition) is 2. The molecule has 0 saturated heterocycles. The maximum Gasteiger partial charge on any atom is 0.255 e. The molecular formula is C18H20N2O2. The van der Waals surface area contributed by atoms with Crippen molar-refractivity contribution in [2.75, 3.05) is 10.6 Å². The van der Waals surface area contributed by atoms with Crippen molar-refractivity contribution >= 4 is 23.2 Å². The highest BCUT2D eigenvalue weighted by molar-refractivity contribution is 6.04. The minimum Gasteiger partial charge on any atom is -0.326 e. The molecule has 22 heavy (non-hydrogen) atoms. The van der Waals surface area contributed by atoms with Crippen LogP contribution in [-0.2, 0) is 4.79 Å². The summed E-state index contributed by atoms with van der Waals surface area (Å²) in [5, 5.41) is 5.65. The molecule has 0 bridgehead atoms. The second-order valence-electron chi connectivity index (χ2n) is 5.20. The van der Waals surface area contributed by atoms with Crippen LogP contribution in [0.5, 0.6) is 0 Å². The Morgan fingerprint density at radius 3 is 2.23 bits per heavy atom. The fraction of sp³-hybridized carbons (Fsp3) is 0.222. The van der Waals surface area contributed by atoms with Crippen LogP contribution < -0.4 is 10.6 Å². The van der Waals surface area contributed by atoms with E-state index in [9.17, 15) is 9.59 Å². The SMILES string of the molecule is CCCC(=O)Nc1cccc(NC(=O)c2ccc(C)cc2)c1. The van der Waals surface area contributed by atoms with Gasteiger partial charge in [-0.15, -0.1) is 0 Å². The lowest BCUT2D eigenvalue weighted by Crippen LogP contribution is -2.13. The van der Waals surface area contributed by atoms with Crippen LogP contribution in [0.15, 0.2) is 48.5 Å². The summed E-state index contributed by atoms with van der Waals surface area (Å²) >= 11 is 0. The minimum absolute atomic E-state index is 0.0236. The van der Waals surface area contributed by atoms with Crippen molar-refractivity contribution in [2.45, 2.75) is 26.7 Å². The van der Waals surface area contributed by atoms with Gasteiger partial charge in [0, 0.05) is 23.4 Å². The number of nitrogens with one attached hydrogen (secondary N) is 2. The van der Waals surface area contributed by atoms with Gasteiger partial charge in [0.2, 0.25) is 5.91 Å². The summed E-state index contributed by atoms with van der Waals surface area (Å²) in [7, 11) is 0. The molecule has 2 amide bonds. The summed E-state index contributed by atoms with van der Waals surface area (Å²) in [6, 6.07) is 14.5. The van der Waals surface area contributed by atoms with Crippen molar-refractivity contribution < 1.29 is 9.59 Å². The first-order valence-corrected chi connectivity index (χ1v) is 7.36. The van der Waals surface area contributed by atoms with Crippen LogP contribution in [-0.4, -0.2) is 11.8 Å². The van der Waals surface area contributed by atoms with Crippen molar-refractivity contribution in [1.82, 2.24) is 0 Å². The van der Waals surface area contributed by atoms with E-state index >= 15 is 0 Å². The molecule has 0 unspecified atom stereocenters. The number of aryl methyl sites for hydroxylation is 1. The highest BCUT2D eigenvalue weighted by Gasteiger charge is 2.07. The van der Waals surface area contributed by atoms with Gasteiger partial charge in [-0.3, -0.25) is 9.59 Å². The molecule has 0 atom stereocenters. The smallest absolute Gasteiger partial charge is 0.255 e. The van der Waals surface area contributed by atoms with Gasteiger partial charge in [0.15, 0.2) is 0 Å². The molecule has 0 aromatic heterocycles. The second kappa shape index (κ2) is 7.41. The lowest BCUT2D eigenvalue weighted by Gasteiger charge is -2.09. The topological polar surface area (TPSA) is 58.2 Å². The molecule has 0 spiro atoms. The number of carbonyl (C=O) groups is 2. The molecule has 0 aliphatic heterocycles. The van der Waals surface area contributed by atoms with E-state index in [0.29, 0.717) is 23.4 Å². The monoisotopic (exact) mass is 296 g/mol. The van der Waals surface area contributed by atoms with Gasteiger partial charge >= 0.3 is 0 Å². The molecule has 2 aromatic carbocycles. The number of anilines is 2. The highest BCUT2D eigenvalue weighted by Crippen LogP contribution is 2.16. The highest BCUT2D eigenvalue weighted by atomic mass is 16.2. The molecule has 0 fully saturated rings. The summed E-state index contributed by atoms with van der Waals surface area (Å²) in [5.74, 6) is -0.193. The van der Waals surface area contributed by atoms with E-state index < -0.39 is 0 Å². The third-order valence-corrected chi connectivity index (χ3v) is 3.20. The molecule has 2 N–H and O–H groups in total. The Morgan fingerprint density at radius 2 is 1.59 bits per heavy atom. The molecule has 2 rings (SSSR count). The van der Waals surface area contributed by atoms with E-state index in [-0.39, 0.29) is 11.8 Å². The number of hydrogen-bond acceptors (Lipinski definition) is 2. The molecule has 4 nitrogen and oxygen atoms in total. The molecule has 0 saturated carbocycles. The van der Waals surface area contributed by atoms with Gasteiger partial charge in [-0.1, -0.05) is 30.7 Å². The molecule has 0 aliphatic rings. The van der Waals surface area contributed by atoms with Crippen LogP contribution in [0.3, 0.4) is 0 Å². The first-order chi connectivity index (χ1) is 10.6. The summed E-state index contributed by atoms with van der Waals surface area (Å²) in [6.45, 7) is 3.93. The summed E-state index contributed by atoms with van der Waals surface area (Å²) in [6.07, 6.45) is 1.29. The van der Waals surface area contributed by atoms with Crippen LogP contribution in [0.25, 0.3) is 0 Å². The van der Waals surface area contributed by atoms with Gasteiger partial charge in [-0.05, 0) is 43.7 Å². The lowest BCUT2D eigenvalue weighted by molar-refractivity contribution is -0.116. The number of carbonyl (C=O) groups excluding carboxylic acids is 2. The zero-order valence-corrected chi connectivity index (χ0v) is 12.8. The van der Waals surface area contributed by atoms with Crippen molar-refractivity contribution in [3.63, 3.8) is 0 Å². The Labute approximate surface area is 130 Å². The first-order valence-electron chi connectivity index (χ1n) is 7.36. The minimum atomic E-state index is -0.169. The lowest BCUT2D eigenvalue weighted by atomic mass is 10.1. The molecule has 0 heterocycles. The third kappa shape index (κ3) is 4.45. The zero-order chi connectivity index (χ0) is 15.9. The molecule has 0 aliphatic carbocycles. The largest absolute Gasteiger partial charge is 0.326 e. The van der Waals surface area contributed by atoms with E-state index in [0.717, 1.165) is 12.0 Å². The first kappa shape index (κ1) is 15.8. The van der Waals surface area contributed by atoms with Gasteiger partial charge in [0.25, 0.3) is 5.91 Å². The molecule has 114 valence electrons. The van der Waals surface area contributed by atoms with Gasteiger partial charge < -0.3 is 10.6 Å². The van der Waals surface area contributed by atoms with Crippen molar-refractivity contribution in [2.24, 2.45) is 0 Å². The van der Waals surface area contributed by atoms with E-state index in [1.165, 1.54) is 0 Å². The predicted octanol–water partition coefficient (Wildman–Crippen LogP) is 3.99. The summed E-state index contributed by atoms with van der Waals surface area (Å²) in [4.78, 5) is 23.8. The number of benzene rings is 2. The van der Waals surface area contributed by atoms with Crippen LogP contribution in [0.4, 0.5) is 11.4 Å². The van der Waals surface area contributed by atoms with E-state index in [2.05, 4.69) is 10.6 Å². The zero-order valence-electron chi connectivity index (χ0n) is 12.8. The molecule has 2 aromatic rings. The van der Waals surface area contributed by atoms with Gasteiger partial charge in [-0.2, -0.15) is 0 Å². The Hall–Kier alpha value is -2.62. The summed E-state index contributed by atoms with van der Waals surface area (Å²) in [5.41, 5.74) is 3.04. The van der Waals surface area contributed by atoms with Crippen LogP contribution in [0.1, 0.15) is 35.7 Å². The molecular weight excluding hydrogens is 276 g/mol. The predicted molar refractivity (Wildman–Crippen MR) is 89.1 cm³/mol. The number of amides is 2. The molecule has 0 radical (unpaired) electrons. The maximum absolute atomic E-state index is 12.2. The summed E-state index contributed by atoms with van der Waals surface area (Å²) < 4.78 is 0. The quantitative estimate of drug-likeness (QED) is 0.876. The average molecular weight is 296 g/mol. The van der Waals surface area contributed by atoms with Crippen molar-refractivity contribution in [3.8, 4) is 0 Å². The van der Waals surface area contributed by atoms with E-state index in [4.69, 9.17) is 0 Å². The van der Waals surface area contributed by atoms with E-state index in [1.807, 2.05) is 26.0 Å². The Balaban J connectivity index is 2.05. The fourth-order valence-corrected chi connectivity index (χ4v) is 2.03. The third-order valence-electron chi connectivity index (χ3n) is 3.20. The maximum atomic E-state index is 12.2. The van der Waals surface area contributed by atoms with Gasteiger partial charge in [0.1, 0.15) is 0 Å². The van der Waals surface area contributed by atoms with E-state index in [1.54, 1.807) is 36.4 Å². The Bertz CT molecular complexity index is 663. The van der Waals surface area contributed by atoms with Gasteiger partial charge in [-0.25, -0.2) is 0 Å². The van der Waals surface area contributed by atoms with Crippen LogP contribution >= 0.6 is 0 Å². The molecule has 4 heteroatoms.